The van der Waals surface area contributed by atoms with Gasteiger partial charge in [-0.05, 0) is 43.7 Å². The smallest absolute Gasteiger partial charge is 0.200 e. The molecule has 0 spiro atoms. The highest BCUT2D eigenvalue weighted by Crippen LogP contribution is 2.30. The van der Waals surface area contributed by atoms with Crippen molar-refractivity contribution in [3.63, 3.8) is 0 Å². The minimum absolute atomic E-state index is 0.264. The van der Waals surface area contributed by atoms with Crippen molar-refractivity contribution >= 4 is 27.7 Å². The summed E-state index contributed by atoms with van der Waals surface area (Å²) in [5, 5.41) is 9.54. The van der Waals surface area contributed by atoms with E-state index >= 15 is 0 Å². The Morgan fingerprint density at radius 1 is 1.23 bits per heavy atom. The first-order chi connectivity index (χ1) is 10.6. The zero-order chi connectivity index (χ0) is 15.5. The molecule has 3 rings (SSSR count). The highest BCUT2D eigenvalue weighted by molar-refractivity contribution is 9.10. The Balaban J connectivity index is 1.85. The molecule has 2 heterocycles. The fourth-order valence-corrected chi connectivity index (χ4v) is 3.65. The zero-order valence-corrected chi connectivity index (χ0v) is 14.8. The number of rotatable bonds is 5. The van der Waals surface area contributed by atoms with Crippen LogP contribution in [0.2, 0.25) is 0 Å². The Morgan fingerprint density at radius 2 is 2.09 bits per heavy atom. The van der Waals surface area contributed by atoms with Crippen LogP contribution in [0.1, 0.15) is 25.5 Å². The van der Waals surface area contributed by atoms with E-state index in [4.69, 9.17) is 4.42 Å². The minimum Gasteiger partial charge on any atom is -0.461 e. The molecule has 0 saturated carbocycles. The second kappa shape index (κ2) is 6.71. The summed E-state index contributed by atoms with van der Waals surface area (Å²) in [6.07, 6.45) is 1.66. The number of benzene rings is 1. The van der Waals surface area contributed by atoms with Gasteiger partial charge in [0, 0.05) is 16.3 Å². The lowest BCUT2D eigenvalue weighted by Crippen LogP contribution is -2.04. The first-order valence-corrected chi connectivity index (χ1v) is 8.79. The summed E-state index contributed by atoms with van der Waals surface area (Å²) in [5.41, 5.74) is 1.25. The van der Waals surface area contributed by atoms with E-state index in [0.29, 0.717) is 0 Å². The molecule has 0 aliphatic heterocycles. The molecule has 0 amide bonds. The SMILES string of the molecule is CC(C)n1c(SCc2cccc(Br)c2)nnc1-c1ccco1. The topological polar surface area (TPSA) is 43.9 Å². The summed E-state index contributed by atoms with van der Waals surface area (Å²) in [6.45, 7) is 4.25. The summed E-state index contributed by atoms with van der Waals surface area (Å²) in [5.74, 6) is 2.37. The van der Waals surface area contributed by atoms with Gasteiger partial charge in [0.15, 0.2) is 10.9 Å². The lowest BCUT2D eigenvalue weighted by molar-refractivity contribution is 0.529. The van der Waals surface area contributed by atoms with Gasteiger partial charge in [-0.25, -0.2) is 0 Å². The molecule has 22 heavy (non-hydrogen) atoms. The van der Waals surface area contributed by atoms with Crippen LogP contribution in [0.15, 0.2) is 56.7 Å². The molecule has 0 N–H and O–H groups in total. The van der Waals surface area contributed by atoms with E-state index in [2.05, 4.69) is 56.7 Å². The Bertz CT molecular complexity index is 753. The Kier molecular flexibility index (Phi) is 4.69. The van der Waals surface area contributed by atoms with E-state index in [1.807, 2.05) is 24.3 Å². The van der Waals surface area contributed by atoms with Crippen molar-refractivity contribution in [3.05, 3.63) is 52.7 Å². The van der Waals surface area contributed by atoms with Crippen LogP contribution in [0.3, 0.4) is 0 Å². The van der Waals surface area contributed by atoms with Crippen molar-refractivity contribution in [1.82, 2.24) is 14.8 Å². The summed E-state index contributed by atoms with van der Waals surface area (Å²) >= 11 is 5.18. The molecular weight excluding hydrogens is 362 g/mol. The largest absolute Gasteiger partial charge is 0.461 e. The van der Waals surface area contributed by atoms with Crippen LogP contribution in [0, 0.1) is 0 Å². The van der Waals surface area contributed by atoms with Crippen LogP contribution in [0.5, 0.6) is 0 Å². The van der Waals surface area contributed by atoms with Gasteiger partial charge < -0.3 is 4.42 Å². The molecule has 2 aromatic heterocycles. The van der Waals surface area contributed by atoms with Gasteiger partial charge in [-0.1, -0.05) is 39.8 Å². The van der Waals surface area contributed by atoms with E-state index in [1.165, 1.54) is 5.56 Å². The third-order valence-corrected chi connectivity index (χ3v) is 4.69. The molecule has 6 heteroatoms. The number of hydrogen-bond acceptors (Lipinski definition) is 4. The van der Waals surface area contributed by atoms with Crippen molar-refractivity contribution in [1.29, 1.82) is 0 Å². The second-order valence-corrected chi connectivity index (χ2v) is 7.02. The van der Waals surface area contributed by atoms with E-state index in [-0.39, 0.29) is 6.04 Å². The summed E-state index contributed by atoms with van der Waals surface area (Å²) in [6, 6.07) is 12.3. The highest BCUT2D eigenvalue weighted by Gasteiger charge is 2.18. The monoisotopic (exact) mass is 377 g/mol. The van der Waals surface area contributed by atoms with E-state index in [1.54, 1.807) is 18.0 Å². The van der Waals surface area contributed by atoms with Crippen molar-refractivity contribution < 1.29 is 4.42 Å². The first-order valence-electron chi connectivity index (χ1n) is 7.01. The fraction of sp³-hybridized carbons (Fsp3) is 0.250. The van der Waals surface area contributed by atoms with E-state index in [9.17, 15) is 0 Å². The van der Waals surface area contributed by atoms with Gasteiger partial charge in [0.05, 0.1) is 6.26 Å². The number of halogens is 1. The predicted molar refractivity (Wildman–Crippen MR) is 91.8 cm³/mol. The quantitative estimate of drug-likeness (QED) is 0.575. The third-order valence-electron chi connectivity index (χ3n) is 3.18. The van der Waals surface area contributed by atoms with Gasteiger partial charge >= 0.3 is 0 Å². The lowest BCUT2D eigenvalue weighted by atomic mass is 10.2. The maximum absolute atomic E-state index is 5.46. The molecule has 114 valence electrons. The van der Waals surface area contributed by atoms with E-state index in [0.717, 1.165) is 27.0 Å². The highest BCUT2D eigenvalue weighted by atomic mass is 79.9. The fourth-order valence-electron chi connectivity index (χ4n) is 2.19. The Morgan fingerprint density at radius 3 is 2.77 bits per heavy atom. The molecule has 0 saturated heterocycles. The molecule has 4 nitrogen and oxygen atoms in total. The van der Waals surface area contributed by atoms with Gasteiger partial charge in [-0.3, -0.25) is 4.57 Å². The van der Waals surface area contributed by atoms with Gasteiger partial charge in [0.1, 0.15) is 0 Å². The third kappa shape index (κ3) is 3.28. The number of furan rings is 1. The Labute approximate surface area is 142 Å². The lowest BCUT2D eigenvalue weighted by Gasteiger charge is -2.12. The van der Waals surface area contributed by atoms with Crippen molar-refractivity contribution in [2.45, 2.75) is 30.8 Å². The van der Waals surface area contributed by atoms with Crippen molar-refractivity contribution in [2.75, 3.05) is 0 Å². The van der Waals surface area contributed by atoms with Gasteiger partial charge in [-0.2, -0.15) is 0 Å². The first kappa shape index (κ1) is 15.4. The van der Waals surface area contributed by atoms with Gasteiger partial charge in [-0.15, -0.1) is 10.2 Å². The van der Waals surface area contributed by atoms with Crippen LogP contribution in [-0.2, 0) is 5.75 Å². The van der Waals surface area contributed by atoms with Crippen LogP contribution >= 0.6 is 27.7 Å². The number of nitrogens with zero attached hydrogens (tertiary/aromatic N) is 3. The summed E-state index contributed by atoms with van der Waals surface area (Å²) < 4.78 is 8.67. The van der Waals surface area contributed by atoms with E-state index < -0.39 is 0 Å². The molecule has 1 aromatic carbocycles. The average Bonchev–Trinajstić information content (AvgIpc) is 3.14. The van der Waals surface area contributed by atoms with Gasteiger partial charge in [0.2, 0.25) is 5.82 Å². The molecule has 0 bridgehead atoms. The molecule has 0 radical (unpaired) electrons. The zero-order valence-electron chi connectivity index (χ0n) is 12.4. The molecule has 0 aliphatic rings. The predicted octanol–water partition coefficient (Wildman–Crippen LogP) is 5.17. The average molecular weight is 378 g/mol. The molecule has 0 atom stereocenters. The van der Waals surface area contributed by atoms with Crippen LogP contribution in [0.25, 0.3) is 11.6 Å². The van der Waals surface area contributed by atoms with Crippen LogP contribution in [-0.4, -0.2) is 14.8 Å². The van der Waals surface area contributed by atoms with Crippen LogP contribution in [0.4, 0.5) is 0 Å². The molecular formula is C16H16BrN3OS. The second-order valence-electron chi connectivity index (χ2n) is 5.17. The normalized spacial score (nSPS) is 11.3. The molecule has 0 unspecified atom stereocenters. The standard InChI is InChI=1S/C16H16BrN3OS/c1-11(2)20-15(14-7-4-8-21-14)18-19-16(20)22-10-12-5-3-6-13(17)9-12/h3-9,11H,10H2,1-2H3. The molecule has 0 aliphatic carbocycles. The number of aromatic nitrogens is 3. The maximum atomic E-state index is 5.46. The number of hydrogen-bond donors (Lipinski definition) is 0. The Hall–Kier alpha value is -1.53. The number of thioether (sulfide) groups is 1. The molecule has 3 aromatic rings. The maximum Gasteiger partial charge on any atom is 0.200 e. The summed E-state index contributed by atoms with van der Waals surface area (Å²) in [7, 11) is 0. The van der Waals surface area contributed by atoms with Crippen LogP contribution < -0.4 is 0 Å². The van der Waals surface area contributed by atoms with Crippen molar-refractivity contribution in [2.24, 2.45) is 0 Å². The molecule has 0 fully saturated rings. The summed E-state index contributed by atoms with van der Waals surface area (Å²) in [4.78, 5) is 0. The van der Waals surface area contributed by atoms with Gasteiger partial charge in [0.25, 0.3) is 0 Å². The minimum atomic E-state index is 0.264. The van der Waals surface area contributed by atoms with Crippen molar-refractivity contribution in [3.8, 4) is 11.6 Å².